The van der Waals surface area contributed by atoms with Gasteiger partial charge in [0.15, 0.2) is 5.69 Å². The van der Waals surface area contributed by atoms with Crippen LogP contribution in [-0.2, 0) is 6.42 Å². The molecule has 0 amide bonds. The van der Waals surface area contributed by atoms with Gasteiger partial charge in [0.2, 0.25) is 0 Å². The number of benzene rings is 1. The predicted molar refractivity (Wildman–Crippen MR) is 82.6 cm³/mol. The van der Waals surface area contributed by atoms with E-state index < -0.39 is 5.97 Å². The van der Waals surface area contributed by atoms with Crippen LogP contribution in [-0.4, -0.2) is 32.7 Å². The maximum atomic E-state index is 11.2. The van der Waals surface area contributed by atoms with E-state index in [0.717, 1.165) is 17.9 Å². The van der Waals surface area contributed by atoms with Crippen LogP contribution >= 0.6 is 0 Å². The highest BCUT2D eigenvalue weighted by molar-refractivity contribution is 5.86. The Bertz CT molecular complexity index is 633. The summed E-state index contributed by atoms with van der Waals surface area (Å²) in [5, 5.41) is 16.9. The second-order valence-electron chi connectivity index (χ2n) is 5.55. The van der Waals surface area contributed by atoms with Crippen molar-refractivity contribution in [2.75, 3.05) is 6.61 Å². The van der Waals surface area contributed by atoms with Gasteiger partial charge in [-0.05, 0) is 36.6 Å². The van der Waals surface area contributed by atoms with Gasteiger partial charge in [0.05, 0.1) is 18.0 Å². The lowest BCUT2D eigenvalue weighted by Gasteiger charge is -2.10. The molecule has 6 nitrogen and oxygen atoms in total. The molecule has 22 heavy (non-hydrogen) atoms. The molecule has 0 radical (unpaired) electrons. The van der Waals surface area contributed by atoms with E-state index in [-0.39, 0.29) is 5.69 Å². The van der Waals surface area contributed by atoms with Crippen LogP contribution in [0, 0.1) is 5.92 Å². The number of carboxylic acid groups (broad SMARTS) is 1. The van der Waals surface area contributed by atoms with Gasteiger partial charge in [-0.15, -0.1) is 5.10 Å². The molecular weight excluding hydrogens is 282 g/mol. The summed E-state index contributed by atoms with van der Waals surface area (Å²) in [6.45, 7) is 6.83. The van der Waals surface area contributed by atoms with E-state index in [2.05, 4.69) is 24.2 Å². The van der Waals surface area contributed by atoms with Gasteiger partial charge in [0, 0.05) is 0 Å². The van der Waals surface area contributed by atoms with Crippen LogP contribution in [0.2, 0.25) is 0 Å². The molecule has 2 rings (SSSR count). The summed E-state index contributed by atoms with van der Waals surface area (Å²) in [7, 11) is 0. The SMILES string of the molecule is CCCc1c(C(=O)O)nnn1-c1ccc(OCC(C)C)cc1. The van der Waals surface area contributed by atoms with Gasteiger partial charge >= 0.3 is 5.97 Å². The van der Waals surface area contributed by atoms with Gasteiger partial charge in [-0.2, -0.15) is 0 Å². The number of rotatable bonds is 7. The highest BCUT2D eigenvalue weighted by atomic mass is 16.5. The van der Waals surface area contributed by atoms with E-state index in [9.17, 15) is 9.90 Å². The molecule has 0 spiro atoms. The van der Waals surface area contributed by atoms with E-state index in [1.807, 2.05) is 31.2 Å². The molecule has 0 aliphatic rings. The number of aromatic carboxylic acids is 1. The van der Waals surface area contributed by atoms with Crippen LogP contribution in [0.3, 0.4) is 0 Å². The number of ether oxygens (including phenoxy) is 1. The van der Waals surface area contributed by atoms with Crippen molar-refractivity contribution in [1.29, 1.82) is 0 Å². The average molecular weight is 303 g/mol. The van der Waals surface area contributed by atoms with Gasteiger partial charge in [0.1, 0.15) is 5.75 Å². The van der Waals surface area contributed by atoms with Gasteiger partial charge in [-0.3, -0.25) is 0 Å². The number of hydrogen-bond donors (Lipinski definition) is 1. The highest BCUT2D eigenvalue weighted by Crippen LogP contribution is 2.19. The second kappa shape index (κ2) is 7.06. The Labute approximate surface area is 129 Å². The molecule has 0 aliphatic heterocycles. The zero-order valence-corrected chi connectivity index (χ0v) is 13.1. The minimum atomic E-state index is -1.05. The molecule has 0 bridgehead atoms. The highest BCUT2D eigenvalue weighted by Gasteiger charge is 2.19. The summed E-state index contributed by atoms with van der Waals surface area (Å²) >= 11 is 0. The lowest BCUT2D eigenvalue weighted by atomic mass is 10.2. The van der Waals surface area contributed by atoms with E-state index in [1.165, 1.54) is 0 Å². The fourth-order valence-electron chi connectivity index (χ4n) is 2.08. The third-order valence-corrected chi connectivity index (χ3v) is 3.12. The number of nitrogens with zero attached hydrogens (tertiary/aromatic N) is 3. The second-order valence-corrected chi connectivity index (χ2v) is 5.55. The lowest BCUT2D eigenvalue weighted by molar-refractivity contribution is 0.0689. The van der Waals surface area contributed by atoms with Crippen molar-refractivity contribution in [2.24, 2.45) is 5.92 Å². The molecule has 6 heteroatoms. The lowest BCUT2D eigenvalue weighted by Crippen LogP contribution is -2.07. The first kappa shape index (κ1) is 16.0. The van der Waals surface area contributed by atoms with Crippen molar-refractivity contribution < 1.29 is 14.6 Å². The molecule has 1 aromatic heterocycles. The maximum absolute atomic E-state index is 11.2. The molecule has 0 unspecified atom stereocenters. The molecule has 118 valence electrons. The zero-order valence-electron chi connectivity index (χ0n) is 13.1. The van der Waals surface area contributed by atoms with Gasteiger partial charge < -0.3 is 9.84 Å². The molecule has 1 heterocycles. The van der Waals surface area contributed by atoms with Crippen LogP contribution in [0.15, 0.2) is 24.3 Å². The summed E-state index contributed by atoms with van der Waals surface area (Å²) in [5.41, 5.74) is 1.41. The third kappa shape index (κ3) is 3.63. The summed E-state index contributed by atoms with van der Waals surface area (Å²) in [4.78, 5) is 11.2. The predicted octanol–water partition coefficient (Wildman–Crippen LogP) is 2.95. The van der Waals surface area contributed by atoms with Gasteiger partial charge in [0.25, 0.3) is 0 Å². The third-order valence-electron chi connectivity index (χ3n) is 3.12. The Morgan fingerprint density at radius 3 is 2.55 bits per heavy atom. The van der Waals surface area contributed by atoms with Gasteiger partial charge in [-0.1, -0.05) is 32.4 Å². The van der Waals surface area contributed by atoms with Crippen LogP contribution in [0.25, 0.3) is 5.69 Å². The molecule has 0 saturated heterocycles. The molecule has 0 atom stereocenters. The van der Waals surface area contributed by atoms with E-state index in [1.54, 1.807) is 4.68 Å². The first-order valence-electron chi connectivity index (χ1n) is 7.44. The Hall–Kier alpha value is -2.37. The monoisotopic (exact) mass is 303 g/mol. The Balaban J connectivity index is 2.26. The first-order valence-corrected chi connectivity index (χ1v) is 7.44. The van der Waals surface area contributed by atoms with Crippen LogP contribution in [0.1, 0.15) is 43.4 Å². The fourth-order valence-corrected chi connectivity index (χ4v) is 2.08. The summed E-state index contributed by atoms with van der Waals surface area (Å²) in [5.74, 6) is 0.198. The standard InChI is InChI=1S/C16H21N3O3/c1-4-5-14-15(16(20)21)17-18-19(14)12-6-8-13(9-7-12)22-10-11(2)3/h6-9,11H,4-5,10H2,1-3H3,(H,20,21). The molecular formula is C16H21N3O3. The fraction of sp³-hybridized carbons (Fsp3) is 0.438. The molecule has 1 N–H and O–H groups in total. The van der Waals surface area contributed by atoms with Crippen molar-refractivity contribution >= 4 is 5.97 Å². The Kier molecular flexibility index (Phi) is 5.14. The molecule has 2 aromatic rings. The molecule has 1 aromatic carbocycles. The quantitative estimate of drug-likeness (QED) is 0.851. The van der Waals surface area contributed by atoms with Crippen molar-refractivity contribution in [3.8, 4) is 11.4 Å². The van der Waals surface area contributed by atoms with Crippen LogP contribution < -0.4 is 4.74 Å². The van der Waals surface area contributed by atoms with Crippen molar-refractivity contribution in [3.05, 3.63) is 35.7 Å². The summed E-state index contributed by atoms with van der Waals surface area (Å²) in [6, 6.07) is 7.43. The summed E-state index contributed by atoms with van der Waals surface area (Å²) < 4.78 is 7.22. The number of aromatic nitrogens is 3. The largest absolute Gasteiger partial charge is 0.493 e. The Morgan fingerprint density at radius 2 is 2.00 bits per heavy atom. The minimum Gasteiger partial charge on any atom is -0.493 e. The van der Waals surface area contributed by atoms with E-state index in [0.29, 0.717) is 24.6 Å². The number of hydrogen-bond acceptors (Lipinski definition) is 4. The number of carboxylic acids is 1. The number of carbonyl (C=O) groups is 1. The van der Waals surface area contributed by atoms with E-state index in [4.69, 9.17) is 4.74 Å². The normalized spacial score (nSPS) is 10.9. The van der Waals surface area contributed by atoms with Crippen LogP contribution in [0.5, 0.6) is 5.75 Å². The van der Waals surface area contributed by atoms with E-state index >= 15 is 0 Å². The first-order chi connectivity index (χ1) is 10.5. The summed E-state index contributed by atoms with van der Waals surface area (Å²) in [6.07, 6.45) is 1.43. The smallest absolute Gasteiger partial charge is 0.358 e. The molecule has 0 aliphatic carbocycles. The Morgan fingerprint density at radius 1 is 1.32 bits per heavy atom. The topological polar surface area (TPSA) is 77.2 Å². The van der Waals surface area contributed by atoms with Gasteiger partial charge in [-0.25, -0.2) is 9.48 Å². The average Bonchev–Trinajstić information content (AvgIpc) is 2.90. The molecule has 0 fully saturated rings. The minimum absolute atomic E-state index is 0.0157. The van der Waals surface area contributed by atoms with Crippen molar-refractivity contribution in [1.82, 2.24) is 15.0 Å². The molecule has 0 saturated carbocycles. The van der Waals surface area contributed by atoms with Crippen molar-refractivity contribution in [2.45, 2.75) is 33.6 Å². The van der Waals surface area contributed by atoms with Crippen molar-refractivity contribution in [3.63, 3.8) is 0 Å². The zero-order chi connectivity index (χ0) is 16.1. The maximum Gasteiger partial charge on any atom is 0.358 e. The van der Waals surface area contributed by atoms with Crippen LogP contribution in [0.4, 0.5) is 0 Å².